The highest BCUT2D eigenvalue weighted by atomic mass is 19.4. The summed E-state index contributed by atoms with van der Waals surface area (Å²) in [5.74, 6) is -1.30. The van der Waals surface area contributed by atoms with E-state index in [1.54, 1.807) is 60.7 Å². The zero-order valence-electron chi connectivity index (χ0n) is 38.5. The minimum atomic E-state index is -5.13. The zero-order valence-corrected chi connectivity index (χ0v) is 38.5. The Hall–Kier alpha value is -11.4. The number of halogens is 6. The van der Waals surface area contributed by atoms with Crippen molar-refractivity contribution in [2.24, 2.45) is 0 Å². The van der Waals surface area contributed by atoms with E-state index >= 15 is 0 Å². The molecule has 0 bridgehead atoms. The Balaban J connectivity index is 1.63. The molecule has 2 aliphatic rings. The summed E-state index contributed by atoms with van der Waals surface area (Å²) in [4.78, 5) is 8.14. The van der Waals surface area contributed by atoms with E-state index in [4.69, 9.17) is 13.1 Å². The smallest absolute Gasteiger partial charge is 0.406 e. The summed E-state index contributed by atoms with van der Waals surface area (Å²) < 4.78 is 91.1. The largest absolute Gasteiger partial charge is 0.573 e. The number of benzene rings is 7. The first kappa shape index (κ1) is 49.6. The Kier molecular flexibility index (Phi) is 12.8. The lowest BCUT2D eigenvalue weighted by Gasteiger charge is -2.25. The van der Waals surface area contributed by atoms with Crippen molar-refractivity contribution in [2.75, 3.05) is 0 Å². The van der Waals surface area contributed by atoms with Crippen LogP contribution in [0.3, 0.4) is 0 Å². The highest BCUT2D eigenvalue weighted by Crippen LogP contribution is 2.64. The Morgan fingerprint density at radius 3 is 1.25 bits per heavy atom. The quantitative estimate of drug-likeness (QED) is 0.0822. The number of rotatable bonds is 8. The highest BCUT2D eigenvalue weighted by Gasteiger charge is 2.44. The van der Waals surface area contributed by atoms with Crippen LogP contribution < -0.4 is 9.47 Å². The van der Waals surface area contributed by atoms with Crippen LogP contribution in [0.15, 0.2) is 146 Å². The lowest BCUT2D eigenvalue weighted by Crippen LogP contribution is -2.17. The van der Waals surface area contributed by atoms with E-state index in [9.17, 15) is 57.9 Å². The molecular weight excluding hydrogens is 979 g/mol. The number of nitrogens with zero attached hydrogens (tertiary/aromatic N) is 8. The summed E-state index contributed by atoms with van der Waals surface area (Å²) in [6.45, 7) is 18.0. The van der Waals surface area contributed by atoms with Gasteiger partial charge in [-0.1, -0.05) is 84.9 Å². The molecule has 10 nitrogen and oxygen atoms in total. The Labute approximate surface area is 428 Å². The molecule has 0 radical (unpaired) electrons. The van der Waals surface area contributed by atoms with Crippen molar-refractivity contribution in [1.82, 2.24) is 0 Å². The summed E-state index contributed by atoms with van der Waals surface area (Å²) >= 11 is 0. The van der Waals surface area contributed by atoms with Gasteiger partial charge in [0.25, 0.3) is 0 Å². The van der Waals surface area contributed by atoms with E-state index in [0.29, 0.717) is 11.1 Å². The summed E-state index contributed by atoms with van der Waals surface area (Å²) in [6.07, 6.45) is -10.3. The normalized spacial score (nSPS) is 13.8. The summed E-state index contributed by atoms with van der Waals surface area (Å²) in [6, 6.07) is 46.1. The van der Waals surface area contributed by atoms with Crippen molar-refractivity contribution in [3.05, 3.63) is 235 Å². The maximum Gasteiger partial charge on any atom is 0.573 e. The maximum atomic E-state index is 13.8. The fourth-order valence-corrected chi connectivity index (χ4v) is 9.52. The molecule has 16 heteroatoms. The van der Waals surface area contributed by atoms with Crippen LogP contribution in [0.4, 0.5) is 26.3 Å². The number of alkyl halides is 6. The van der Waals surface area contributed by atoms with E-state index in [0.717, 1.165) is 24.3 Å². The van der Waals surface area contributed by atoms with Crippen molar-refractivity contribution >= 4 is 44.8 Å². The Morgan fingerprint density at radius 2 is 0.855 bits per heavy atom. The fourth-order valence-electron chi connectivity index (χ4n) is 9.52. The van der Waals surface area contributed by atoms with Crippen molar-refractivity contribution in [2.45, 2.75) is 12.7 Å². The van der Waals surface area contributed by atoms with Crippen LogP contribution in [0, 0.1) is 81.1 Å². The van der Waals surface area contributed by atoms with E-state index < -0.39 is 24.2 Å². The lowest BCUT2D eigenvalue weighted by molar-refractivity contribution is -0.275. The van der Waals surface area contributed by atoms with Gasteiger partial charge in [-0.2, -0.15) is 31.6 Å². The van der Waals surface area contributed by atoms with Crippen LogP contribution >= 0.6 is 0 Å². The second-order valence-corrected chi connectivity index (χ2v) is 16.6. The standard InChI is InChI=1S/C60H24F6N8O2/c1-73-57(42-25-35(29-69)22-36(26-42)30-70)55-47(37-9-5-3-6-10-37)46(32-72)52-48(39-13-17-43(18-14-39)75-59(61,62)63)53-51(45(31-71)41-23-33(27-67)21-34(24-41)28-68)50(38-11-7-4-8-12-38)58(74-2)56(53)49(54(52)55)40-15-19-44(20-16-40)76-60(64,65)66/h3-26H/b51-45+,57-55-. The SMILES string of the molecule is [C-]#[N+]C1=C(c2ccccc2)/C(=C(/C#N)c2cc(C#N)cc(C#N)c2)c2c1c(-c1ccc(OC(F)(F)F)cc1)c1c(c2-c2ccc(OC(F)(F)F)cc2)C(C#N)=C(c2ccccc2)/C1=C(/[N+]#[C-])c1cc(C#N)cc(C#N)c1. The van der Waals surface area contributed by atoms with Crippen molar-refractivity contribution < 1.29 is 35.8 Å². The van der Waals surface area contributed by atoms with Crippen LogP contribution in [0.25, 0.3) is 76.8 Å². The van der Waals surface area contributed by atoms with Gasteiger partial charge in [-0.3, -0.25) is 0 Å². The summed E-state index contributed by atoms with van der Waals surface area (Å²) in [5, 5.41) is 63.9. The molecule has 0 N–H and O–H groups in total. The van der Waals surface area contributed by atoms with E-state index in [1.807, 2.05) is 24.3 Å². The Bertz CT molecular complexity index is 3800. The minimum absolute atomic E-state index is 0.0117. The molecule has 0 atom stereocenters. The molecule has 0 saturated carbocycles. The monoisotopic (exact) mass is 1000 g/mol. The molecule has 0 heterocycles. The van der Waals surface area contributed by atoms with Gasteiger partial charge in [-0.15, -0.1) is 26.3 Å². The topological polar surface area (TPSA) is 170 Å². The molecular formula is C60H24F6N8O2. The van der Waals surface area contributed by atoms with Crippen molar-refractivity contribution in [1.29, 1.82) is 31.6 Å². The van der Waals surface area contributed by atoms with Crippen molar-refractivity contribution in [3.63, 3.8) is 0 Å². The zero-order chi connectivity index (χ0) is 54.1. The molecule has 358 valence electrons. The first-order chi connectivity index (χ1) is 36.6. The van der Waals surface area contributed by atoms with Gasteiger partial charge in [-0.05, 0) is 144 Å². The Morgan fingerprint density at radius 1 is 0.434 bits per heavy atom. The van der Waals surface area contributed by atoms with Crippen LogP contribution in [0.1, 0.15) is 66.8 Å². The minimum Gasteiger partial charge on any atom is -0.406 e. The number of allylic oxidation sites excluding steroid dienone is 6. The van der Waals surface area contributed by atoms with E-state index in [2.05, 4.69) is 31.3 Å². The van der Waals surface area contributed by atoms with Gasteiger partial charge in [0.1, 0.15) is 23.6 Å². The average Bonchev–Trinajstić information content (AvgIpc) is 4.12. The van der Waals surface area contributed by atoms with Crippen molar-refractivity contribution in [3.8, 4) is 70.2 Å². The third kappa shape index (κ3) is 8.98. The second-order valence-electron chi connectivity index (χ2n) is 16.6. The average molecular weight is 1000 g/mol. The predicted molar refractivity (Wildman–Crippen MR) is 267 cm³/mol. The van der Waals surface area contributed by atoms with E-state index in [1.165, 1.54) is 60.7 Å². The molecule has 0 aliphatic heterocycles. The highest BCUT2D eigenvalue weighted by molar-refractivity contribution is 6.38. The van der Waals surface area contributed by atoms with Gasteiger partial charge in [0.15, 0.2) is 0 Å². The third-order valence-corrected chi connectivity index (χ3v) is 12.2. The number of hydrogen-bond donors (Lipinski definition) is 0. The van der Waals surface area contributed by atoms with Crippen LogP contribution in [0.5, 0.6) is 11.5 Å². The maximum absolute atomic E-state index is 13.8. The molecule has 0 amide bonds. The van der Waals surface area contributed by atoms with Crippen LogP contribution in [0.2, 0.25) is 0 Å². The number of ether oxygens (including phenoxy) is 2. The second kappa shape index (κ2) is 19.7. The molecule has 2 aliphatic carbocycles. The molecule has 0 spiro atoms. The van der Waals surface area contributed by atoms with Gasteiger partial charge in [0.2, 0.25) is 11.4 Å². The van der Waals surface area contributed by atoms with Gasteiger partial charge >= 0.3 is 12.7 Å². The van der Waals surface area contributed by atoms with Gasteiger partial charge < -0.3 is 9.47 Å². The van der Waals surface area contributed by atoms with Crippen LogP contribution in [-0.2, 0) is 0 Å². The number of fused-ring (bicyclic) bond motifs is 2. The lowest BCUT2D eigenvalue weighted by atomic mass is 9.78. The number of nitriles is 6. The van der Waals surface area contributed by atoms with Gasteiger partial charge in [0, 0.05) is 5.56 Å². The summed E-state index contributed by atoms with van der Waals surface area (Å²) in [5.41, 5.74) is 0.150. The first-order valence-corrected chi connectivity index (χ1v) is 22.1. The first-order valence-electron chi connectivity index (χ1n) is 22.1. The van der Waals surface area contributed by atoms with Gasteiger partial charge in [0.05, 0.1) is 70.8 Å². The molecule has 0 fully saturated rings. The molecule has 0 saturated heterocycles. The summed E-state index contributed by atoms with van der Waals surface area (Å²) in [7, 11) is 0. The van der Waals surface area contributed by atoms with E-state index in [-0.39, 0.29) is 123 Å². The number of hydrogen-bond acceptors (Lipinski definition) is 8. The third-order valence-electron chi connectivity index (χ3n) is 12.2. The molecule has 7 aromatic rings. The molecule has 7 aromatic carbocycles. The van der Waals surface area contributed by atoms with Gasteiger partial charge in [-0.25, -0.2) is 9.69 Å². The molecule has 9 rings (SSSR count). The molecule has 0 unspecified atom stereocenters. The molecule has 76 heavy (non-hydrogen) atoms. The molecule has 0 aromatic heterocycles. The predicted octanol–water partition coefficient (Wildman–Crippen LogP) is 14.8. The van der Waals surface area contributed by atoms with Crippen LogP contribution in [-0.4, -0.2) is 12.7 Å². The fraction of sp³-hybridized carbons (Fsp3) is 0.0333.